The first kappa shape index (κ1) is 22.9. The molecule has 0 spiro atoms. The molecule has 11 heteroatoms. The van der Waals surface area contributed by atoms with Crippen molar-refractivity contribution in [1.29, 1.82) is 0 Å². The fourth-order valence-corrected chi connectivity index (χ4v) is 3.15. The van der Waals surface area contributed by atoms with Crippen molar-refractivity contribution in [1.82, 2.24) is 0 Å². The summed E-state index contributed by atoms with van der Waals surface area (Å²) in [6.07, 6.45) is 0. The van der Waals surface area contributed by atoms with Gasteiger partial charge >= 0.3 is 59.1 Å². The summed E-state index contributed by atoms with van der Waals surface area (Å²) >= 11 is 0. The maximum Gasteiger partial charge on any atom is 1.00 e. The Morgan fingerprint density at radius 2 is 1.13 bits per heavy atom. The van der Waals surface area contributed by atoms with Gasteiger partial charge in [0.2, 0.25) is 9.84 Å². The van der Waals surface area contributed by atoms with Gasteiger partial charge in [0.05, 0.1) is 9.79 Å². The van der Waals surface area contributed by atoms with E-state index < -0.39 is 20.2 Å². The third-order valence-electron chi connectivity index (χ3n) is 2.47. The molecule has 2 rings (SSSR count). The molecular weight excluding hydrogens is 366 g/mol. The van der Waals surface area contributed by atoms with E-state index in [0.29, 0.717) is 0 Å². The Balaban J connectivity index is 0.00000242. The third-order valence-corrected chi connectivity index (χ3v) is 4.65. The molecule has 0 bridgehead atoms. The van der Waals surface area contributed by atoms with Crippen molar-refractivity contribution in [3.05, 3.63) is 48.5 Å². The molecule has 7 nitrogen and oxygen atoms in total. The Morgan fingerprint density at radius 1 is 0.739 bits per heavy atom. The molecule has 23 heavy (non-hydrogen) atoms. The summed E-state index contributed by atoms with van der Waals surface area (Å²) in [5.74, 6) is -0.614. The van der Waals surface area contributed by atoms with E-state index in [0.717, 1.165) is 36.4 Å². The molecule has 112 valence electrons. The predicted molar refractivity (Wildman–Crippen MR) is 68.1 cm³/mol. The summed E-state index contributed by atoms with van der Waals surface area (Å²) in [6, 6.07) is 8.87. The van der Waals surface area contributed by atoms with Crippen LogP contribution < -0.4 is 68.4 Å². The molecule has 0 radical (unpaired) electrons. The van der Waals surface area contributed by atoms with E-state index in [-0.39, 0.29) is 80.4 Å². The fourth-order valence-electron chi connectivity index (χ4n) is 1.55. The molecule has 0 N–H and O–H groups in total. The van der Waals surface area contributed by atoms with Gasteiger partial charge in [0, 0.05) is 0 Å². The number of hydrogen-bond donors (Lipinski definition) is 0. The summed E-state index contributed by atoms with van der Waals surface area (Å²) in [4.78, 5) is -0.205. The second-order valence-corrected chi connectivity index (χ2v) is 6.87. The second kappa shape index (κ2) is 8.84. The molecule has 0 heterocycles. The Bertz CT molecular complexity index is 845. The van der Waals surface area contributed by atoms with Crippen LogP contribution in [0.2, 0.25) is 0 Å². The Labute approximate surface area is 178 Å². The fraction of sp³-hybridized carbons (Fsp3) is 0. The first-order valence-corrected chi connectivity index (χ1v) is 8.28. The summed E-state index contributed by atoms with van der Waals surface area (Å²) in [6.45, 7) is 0. The molecule has 0 saturated heterocycles. The van der Waals surface area contributed by atoms with Gasteiger partial charge in [-0.2, -0.15) is 0 Å². The van der Waals surface area contributed by atoms with Crippen LogP contribution in [0.1, 0.15) is 0 Å². The number of rotatable bonds is 4. The van der Waals surface area contributed by atoms with Crippen LogP contribution in [0.4, 0.5) is 0 Å². The topological polar surface area (TPSA) is 124 Å². The Kier molecular flexibility index (Phi) is 8.80. The van der Waals surface area contributed by atoms with Gasteiger partial charge in [0.15, 0.2) is 0 Å². The molecule has 0 aliphatic heterocycles. The molecule has 0 fully saturated rings. The molecule has 0 aliphatic rings. The monoisotopic (exact) mass is 374 g/mol. The largest absolute Gasteiger partial charge is 1.00 e. The zero-order valence-electron chi connectivity index (χ0n) is 12.3. The van der Waals surface area contributed by atoms with Crippen LogP contribution in [-0.2, 0) is 20.2 Å². The van der Waals surface area contributed by atoms with Crippen molar-refractivity contribution in [2.45, 2.75) is 9.79 Å². The van der Waals surface area contributed by atoms with Gasteiger partial charge in [-0.25, -0.2) is 16.8 Å². The molecular formula is C12H8Na2O7S2. The molecule has 0 saturated carbocycles. The minimum Gasteiger partial charge on any atom is -0.872 e. The molecule has 2 aromatic rings. The average molecular weight is 374 g/mol. The van der Waals surface area contributed by atoms with Crippen LogP contribution in [0, 0.1) is 0 Å². The summed E-state index contributed by atoms with van der Waals surface area (Å²) in [7, 11) is -8.75. The number of hydrogen-bond acceptors (Lipinski definition) is 7. The SMILES string of the molecule is O=S(=O)([O-])Oc1ccc(S(=O)(=O)c2ccc([O-])cc2)cc1.[Na+].[Na+]. The van der Waals surface area contributed by atoms with E-state index in [1.54, 1.807) is 0 Å². The smallest absolute Gasteiger partial charge is 0.872 e. The second-order valence-electron chi connectivity index (χ2n) is 3.94. The van der Waals surface area contributed by atoms with Gasteiger partial charge in [-0.05, 0) is 36.4 Å². The van der Waals surface area contributed by atoms with Gasteiger partial charge in [-0.3, -0.25) is 0 Å². The molecule has 2 aromatic carbocycles. The zero-order valence-corrected chi connectivity index (χ0v) is 17.9. The van der Waals surface area contributed by atoms with Crippen LogP contribution in [0.15, 0.2) is 58.3 Å². The van der Waals surface area contributed by atoms with Crippen LogP contribution in [0.25, 0.3) is 0 Å². The van der Waals surface area contributed by atoms with Crippen LogP contribution in [-0.4, -0.2) is 21.4 Å². The van der Waals surface area contributed by atoms with Gasteiger partial charge < -0.3 is 13.8 Å². The van der Waals surface area contributed by atoms with Gasteiger partial charge in [0.25, 0.3) is 10.4 Å². The number of benzene rings is 2. The van der Waals surface area contributed by atoms with Crippen LogP contribution in [0.5, 0.6) is 11.5 Å². The average Bonchev–Trinajstić information content (AvgIpc) is 2.38. The minimum atomic E-state index is -4.92. The minimum absolute atomic E-state index is 0. The first-order valence-electron chi connectivity index (χ1n) is 5.46. The third kappa shape index (κ3) is 6.37. The quantitative estimate of drug-likeness (QED) is 0.297. The van der Waals surface area contributed by atoms with E-state index in [1.807, 2.05) is 0 Å². The summed E-state index contributed by atoms with van der Waals surface area (Å²) < 4.78 is 59.7. The molecule has 0 atom stereocenters. The van der Waals surface area contributed by atoms with Crippen LogP contribution in [0.3, 0.4) is 0 Å². The standard InChI is InChI=1S/C12H10O7S2.2Na/c13-9-1-5-11(6-2-9)20(14,15)12-7-3-10(4-8-12)19-21(16,17)18;;/h1-8,13H,(H,16,17,18);;/q;2*+1/p-2. The van der Waals surface area contributed by atoms with Crippen molar-refractivity contribution in [2.75, 3.05) is 0 Å². The van der Waals surface area contributed by atoms with Gasteiger partial charge in [-0.15, -0.1) is 5.75 Å². The maximum absolute atomic E-state index is 12.2. The Morgan fingerprint density at radius 3 is 1.52 bits per heavy atom. The van der Waals surface area contributed by atoms with E-state index in [4.69, 9.17) is 0 Å². The zero-order chi connectivity index (χ0) is 15.7. The van der Waals surface area contributed by atoms with E-state index >= 15 is 0 Å². The molecule has 0 unspecified atom stereocenters. The Hall–Kier alpha value is -0.1000. The van der Waals surface area contributed by atoms with Crippen molar-refractivity contribution in [3.63, 3.8) is 0 Å². The van der Waals surface area contributed by atoms with Crippen molar-refractivity contribution in [3.8, 4) is 11.5 Å². The predicted octanol–water partition coefficient (Wildman–Crippen LogP) is -5.56. The molecule has 0 aromatic heterocycles. The van der Waals surface area contributed by atoms with Crippen molar-refractivity contribution >= 4 is 20.2 Å². The van der Waals surface area contributed by atoms with E-state index in [2.05, 4.69) is 4.18 Å². The van der Waals surface area contributed by atoms with E-state index in [1.165, 1.54) is 12.1 Å². The van der Waals surface area contributed by atoms with Crippen LogP contribution >= 0.6 is 0 Å². The summed E-state index contributed by atoms with van der Waals surface area (Å²) in [5, 5.41) is 11.0. The van der Waals surface area contributed by atoms with Crippen molar-refractivity contribution < 1.29 is 89.8 Å². The molecule has 0 amide bonds. The van der Waals surface area contributed by atoms with Gasteiger partial charge in [-0.1, -0.05) is 12.1 Å². The van der Waals surface area contributed by atoms with Crippen molar-refractivity contribution in [2.24, 2.45) is 0 Å². The first-order chi connectivity index (χ1) is 9.68. The summed E-state index contributed by atoms with van der Waals surface area (Å²) in [5.41, 5.74) is 0. The van der Waals surface area contributed by atoms with E-state index in [9.17, 15) is 26.5 Å². The maximum atomic E-state index is 12.2. The number of sulfone groups is 1. The molecule has 0 aliphatic carbocycles. The normalized spacial score (nSPS) is 11.0. The van der Waals surface area contributed by atoms with Gasteiger partial charge in [0.1, 0.15) is 5.75 Å².